The van der Waals surface area contributed by atoms with Gasteiger partial charge in [-0.05, 0) is 55.3 Å². The SMILES string of the molecule is CCOC(=O)c1ncoc1C[C@H](Cc1ccc(Cl)cc1)NC(=O)Nc1ccc(Cl)cc1. The molecule has 0 saturated carbocycles. The first kappa shape index (κ1) is 22.7. The zero-order valence-corrected chi connectivity index (χ0v) is 18.2. The highest BCUT2D eigenvalue weighted by molar-refractivity contribution is 6.30. The number of oxazole rings is 1. The minimum atomic E-state index is -0.567. The summed E-state index contributed by atoms with van der Waals surface area (Å²) < 4.78 is 10.4. The molecule has 31 heavy (non-hydrogen) atoms. The van der Waals surface area contributed by atoms with E-state index < -0.39 is 18.0 Å². The molecular formula is C22H21Cl2N3O4. The van der Waals surface area contributed by atoms with E-state index >= 15 is 0 Å². The first-order valence-electron chi connectivity index (χ1n) is 9.61. The van der Waals surface area contributed by atoms with Crippen LogP contribution in [0.2, 0.25) is 10.0 Å². The lowest BCUT2D eigenvalue weighted by Crippen LogP contribution is -2.40. The van der Waals surface area contributed by atoms with Crippen LogP contribution in [0.4, 0.5) is 10.5 Å². The number of rotatable bonds is 8. The van der Waals surface area contributed by atoms with Crippen LogP contribution in [0.3, 0.4) is 0 Å². The van der Waals surface area contributed by atoms with Crippen molar-refractivity contribution in [3.8, 4) is 0 Å². The molecule has 0 aliphatic heterocycles. The molecule has 0 aliphatic carbocycles. The molecule has 0 fully saturated rings. The summed E-state index contributed by atoms with van der Waals surface area (Å²) in [5.41, 5.74) is 1.65. The molecule has 0 aliphatic rings. The Morgan fingerprint density at radius 1 is 1.03 bits per heavy atom. The van der Waals surface area contributed by atoms with Crippen molar-refractivity contribution in [1.29, 1.82) is 0 Å². The number of amides is 2. The normalized spacial score (nSPS) is 11.6. The molecule has 0 radical (unpaired) electrons. The Labute approximate surface area is 189 Å². The Kier molecular flexibility index (Phi) is 7.92. The summed E-state index contributed by atoms with van der Waals surface area (Å²) in [5, 5.41) is 6.88. The van der Waals surface area contributed by atoms with Gasteiger partial charge in [-0.3, -0.25) is 0 Å². The average molecular weight is 462 g/mol. The number of halogens is 2. The molecule has 1 aromatic heterocycles. The maximum atomic E-state index is 12.6. The van der Waals surface area contributed by atoms with Crippen LogP contribution in [0.25, 0.3) is 0 Å². The van der Waals surface area contributed by atoms with Gasteiger partial charge >= 0.3 is 12.0 Å². The quantitative estimate of drug-likeness (QED) is 0.453. The van der Waals surface area contributed by atoms with Gasteiger partial charge in [-0.1, -0.05) is 35.3 Å². The van der Waals surface area contributed by atoms with Crippen LogP contribution in [-0.2, 0) is 17.6 Å². The van der Waals surface area contributed by atoms with Gasteiger partial charge in [0, 0.05) is 28.2 Å². The van der Waals surface area contributed by atoms with Crippen LogP contribution in [0.1, 0.15) is 28.7 Å². The third-order valence-electron chi connectivity index (χ3n) is 4.37. The highest BCUT2D eigenvalue weighted by Crippen LogP contribution is 2.17. The van der Waals surface area contributed by atoms with Crippen molar-refractivity contribution in [2.75, 3.05) is 11.9 Å². The molecule has 2 aromatic carbocycles. The lowest BCUT2D eigenvalue weighted by Gasteiger charge is -2.19. The summed E-state index contributed by atoms with van der Waals surface area (Å²) in [6.07, 6.45) is 1.91. The number of aromatic nitrogens is 1. The second-order valence-electron chi connectivity index (χ2n) is 6.68. The van der Waals surface area contributed by atoms with Crippen molar-refractivity contribution in [2.24, 2.45) is 0 Å². The van der Waals surface area contributed by atoms with Crippen LogP contribution < -0.4 is 10.6 Å². The predicted octanol–water partition coefficient (Wildman–Crippen LogP) is 5.13. The lowest BCUT2D eigenvalue weighted by atomic mass is 10.0. The number of carbonyl (C=O) groups excluding carboxylic acids is 2. The van der Waals surface area contributed by atoms with Crippen molar-refractivity contribution in [3.05, 3.63) is 82.0 Å². The number of hydrogen-bond acceptors (Lipinski definition) is 5. The fourth-order valence-corrected chi connectivity index (χ4v) is 3.22. The van der Waals surface area contributed by atoms with Crippen molar-refractivity contribution in [3.63, 3.8) is 0 Å². The largest absolute Gasteiger partial charge is 0.461 e. The van der Waals surface area contributed by atoms with E-state index in [0.717, 1.165) is 5.56 Å². The number of urea groups is 1. The molecule has 162 valence electrons. The number of benzene rings is 2. The molecule has 0 unspecified atom stereocenters. The number of ether oxygens (including phenoxy) is 1. The third-order valence-corrected chi connectivity index (χ3v) is 4.88. The van der Waals surface area contributed by atoms with Crippen molar-refractivity contribution < 1.29 is 18.7 Å². The molecule has 2 N–H and O–H groups in total. The van der Waals surface area contributed by atoms with E-state index in [9.17, 15) is 9.59 Å². The van der Waals surface area contributed by atoms with E-state index in [1.165, 1.54) is 6.39 Å². The van der Waals surface area contributed by atoms with E-state index in [-0.39, 0.29) is 18.7 Å². The first-order chi connectivity index (χ1) is 14.9. The Morgan fingerprint density at radius 2 is 1.68 bits per heavy atom. The Bertz CT molecular complexity index is 1020. The molecule has 3 aromatic rings. The fraction of sp³-hybridized carbons (Fsp3) is 0.227. The number of hydrogen-bond donors (Lipinski definition) is 2. The second kappa shape index (κ2) is 10.8. The standard InChI is InChI=1S/C22H21Cl2N3O4/c1-2-30-21(28)20-19(31-13-25-20)12-18(11-14-3-5-15(23)6-4-14)27-22(29)26-17-9-7-16(24)8-10-17/h3-10,13,18H,2,11-12H2,1H3,(H2,26,27,29)/t18-/m0/s1. The summed E-state index contributed by atoms with van der Waals surface area (Å²) in [7, 11) is 0. The number of nitrogens with one attached hydrogen (secondary N) is 2. The smallest absolute Gasteiger partial charge is 0.360 e. The van der Waals surface area contributed by atoms with E-state index in [1.807, 2.05) is 12.1 Å². The molecule has 9 heteroatoms. The van der Waals surface area contributed by atoms with Crippen LogP contribution in [-0.4, -0.2) is 29.6 Å². The number of anilines is 1. The van der Waals surface area contributed by atoms with Crippen molar-refractivity contribution in [1.82, 2.24) is 10.3 Å². The minimum Gasteiger partial charge on any atom is -0.461 e. The van der Waals surface area contributed by atoms with Gasteiger partial charge in [-0.2, -0.15) is 0 Å². The van der Waals surface area contributed by atoms with Gasteiger partial charge in [0.1, 0.15) is 5.76 Å². The Balaban J connectivity index is 1.75. The lowest BCUT2D eigenvalue weighted by molar-refractivity contribution is 0.0517. The van der Waals surface area contributed by atoms with E-state index in [0.29, 0.717) is 27.9 Å². The zero-order chi connectivity index (χ0) is 22.2. The zero-order valence-electron chi connectivity index (χ0n) is 16.7. The van der Waals surface area contributed by atoms with Gasteiger partial charge in [0.2, 0.25) is 0 Å². The highest BCUT2D eigenvalue weighted by atomic mass is 35.5. The topological polar surface area (TPSA) is 93.5 Å². The molecule has 1 heterocycles. The molecular weight excluding hydrogens is 441 g/mol. The van der Waals surface area contributed by atoms with Gasteiger partial charge in [-0.25, -0.2) is 14.6 Å². The van der Waals surface area contributed by atoms with Crippen LogP contribution in [0, 0.1) is 0 Å². The molecule has 2 amide bonds. The average Bonchev–Trinajstić information content (AvgIpc) is 3.20. The van der Waals surface area contributed by atoms with Crippen molar-refractivity contribution >= 4 is 40.9 Å². The number of carbonyl (C=O) groups is 2. The summed E-state index contributed by atoms with van der Waals surface area (Å²) >= 11 is 11.9. The molecule has 0 saturated heterocycles. The van der Waals surface area contributed by atoms with Gasteiger partial charge < -0.3 is 19.8 Å². The molecule has 0 spiro atoms. The molecule has 3 rings (SSSR count). The highest BCUT2D eigenvalue weighted by Gasteiger charge is 2.23. The van der Waals surface area contributed by atoms with Gasteiger partial charge in [0.05, 0.1) is 6.61 Å². The van der Waals surface area contributed by atoms with Crippen LogP contribution >= 0.6 is 23.2 Å². The second-order valence-corrected chi connectivity index (χ2v) is 7.55. The molecule has 1 atom stereocenters. The van der Waals surface area contributed by atoms with Gasteiger partial charge in [0.15, 0.2) is 12.1 Å². The Hall–Kier alpha value is -3.03. The van der Waals surface area contributed by atoms with E-state index in [4.69, 9.17) is 32.4 Å². The number of esters is 1. The van der Waals surface area contributed by atoms with Crippen LogP contribution in [0.15, 0.2) is 59.3 Å². The van der Waals surface area contributed by atoms with Crippen LogP contribution in [0.5, 0.6) is 0 Å². The summed E-state index contributed by atoms with van der Waals surface area (Å²) in [5.74, 6) is -0.230. The summed E-state index contributed by atoms with van der Waals surface area (Å²) in [4.78, 5) is 28.7. The van der Waals surface area contributed by atoms with Gasteiger partial charge in [-0.15, -0.1) is 0 Å². The third kappa shape index (κ3) is 6.73. The summed E-state index contributed by atoms with van der Waals surface area (Å²) in [6.45, 7) is 1.94. The first-order valence-corrected chi connectivity index (χ1v) is 10.4. The fourth-order valence-electron chi connectivity index (χ4n) is 2.97. The van der Waals surface area contributed by atoms with E-state index in [2.05, 4.69) is 15.6 Å². The number of nitrogens with zero attached hydrogens (tertiary/aromatic N) is 1. The minimum absolute atomic E-state index is 0.0999. The monoisotopic (exact) mass is 461 g/mol. The van der Waals surface area contributed by atoms with E-state index in [1.54, 1.807) is 43.3 Å². The maximum Gasteiger partial charge on any atom is 0.360 e. The maximum absolute atomic E-state index is 12.6. The molecule has 7 nitrogen and oxygen atoms in total. The predicted molar refractivity (Wildman–Crippen MR) is 119 cm³/mol. The Morgan fingerprint density at radius 3 is 2.32 bits per heavy atom. The summed E-state index contributed by atoms with van der Waals surface area (Å²) in [6, 6.07) is 13.3. The molecule has 0 bridgehead atoms. The van der Waals surface area contributed by atoms with Gasteiger partial charge in [0.25, 0.3) is 0 Å². The van der Waals surface area contributed by atoms with Crippen molar-refractivity contribution in [2.45, 2.75) is 25.8 Å².